The maximum atomic E-state index is 12.6. The molecule has 0 radical (unpaired) electrons. The van der Waals surface area contributed by atoms with Gasteiger partial charge in [-0.3, -0.25) is 9.52 Å². The number of carbonyl (C=O) groups is 1. The minimum Gasteiger partial charge on any atom is -0.307 e. The average Bonchev–Trinajstić information content (AvgIpc) is 3.36. The number of thiophene rings is 1. The predicted molar refractivity (Wildman–Crippen MR) is 114 cm³/mol. The van der Waals surface area contributed by atoms with E-state index in [0.29, 0.717) is 30.0 Å². The minimum absolute atomic E-state index is 0.00931. The van der Waals surface area contributed by atoms with Crippen molar-refractivity contribution in [3.63, 3.8) is 0 Å². The molecule has 144 valence electrons. The van der Waals surface area contributed by atoms with Crippen LogP contribution in [0.1, 0.15) is 20.8 Å². The number of anilines is 2. The molecule has 0 unspecified atom stereocenters. The number of benzene rings is 2. The van der Waals surface area contributed by atoms with Gasteiger partial charge in [0.05, 0.1) is 10.6 Å². The zero-order chi connectivity index (χ0) is 19.6. The van der Waals surface area contributed by atoms with Gasteiger partial charge in [0.2, 0.25) is 10.0 Å². The zero-order valence-corrected chi connectivity index (χ0v) is 16.8. The predicted octanol–water partition coefficient (Wildman–Crippen LogP) is 3.94. The number of aryl methyl sites for hydroxylation is 1. The summed E-state index contributed by atoms with van der Waals surface area (Å²) in [5, 5.41) is 1.89. The summed E-state index contributed by atoms with van der Waals surface area (Å²) in [5.41, 5.74) is 3.36. The molecule has 0 saturated carbocycles. The maximum absolute atomic E-state index is 12.6. The van der Waals surface area contributed by atoms with E-state index in [0.717, 1.165) is 16.8 Å². The lowest BCUT2D eigenvalue weighted by Crippen LogP contribution is -2.28. The van der Waals surface area contributed by atoms with Gasteiger partial charge in [-0.05, 0) is 53.6 Å². The van der Waals surface area contributed by atoms with Gasteiger partial charge in [0.1, 0.15) is 0 Å². The van der Waals surface area contributed by atoms with Gasteiger partial charge in [0.15, 0.2) is 0 Å². The highest BCUT2D eigenvalue weighted by Crippen LogP contribution is 2.32. The molecule has 1 aromatic heterocycles. The molecule has 1 N–H and O–H groups in total. The first-order valence-corrected chi connectivity index (χ1v) is 11.6. The van der Waals surface area contributed by atoms with Crippen LogP contribution in [0.5, 0.6) is 0 Å². The van der Waals surface area contributed by atoms with Gasteiger partial charge in [-0.15, -0.1) is 11.3 Å². The summed E-state index contributed by atoms with van der Waals surface area (Å²) in [6.07, 6.45) is 1.18. The second-order valence-electron chi connectivity index (χ2n) is 6.68. The van der Waals surface area contributed by atoms with Crippen LogP contribution >= 0.6 is 11.3 Å². The molecule has 7 heteroatoms. The van der Waals surface area contributed by atoms with Gasteiger partial charge >= 0.3 is 0 Å². The normalized spacial score (nSPS) is 13.4. The number of sulfonamides is 1. The summed E-state index contributed by atoms with van der Waals surface area (Å²) in [5.74, 6) is 0.0156. The lowest BCUT2D eigenvalue weighted by atomic mass is 10.1. The van der Waals surface area contributed by atoms with E-state index in [2.05, 4.69) is 4.72 Å². The van der Waals surface area contributed by atoms with E-state index in [1.54, 1.807) is 11.0 Å². The maximum Gasteiger partial charge on any atom is 0.268 e. The Kier molecular flexibility index (Phi) is 5.19. The summed E-state index contributed by atoms with van der Waals surface area (Å²) in [6, 6.07) is 18.6. The molecular weight excluding hydrogens is 392 g/mol. The van der Waals surface area contributed by atoms with Gasteiger partial charge < -0.3 is 4.90 Å². The zero-order valence-electron chi connectivity index (χ0n) is 15.2. The van der Waals surface area contributed by atoms with Crippen molar-refractivity contribution < 1.29 is 13.2 Å². The van der Waals surface area contributed by atoms with E-state index < -0.39 is 10.0 Å². The van der Waals surface area contributed by atoms with Crippen LogP contribution in [0.3, 0.4) is 0 Å². The third-order valence-electron chi connectivity index (χ3n) is 4.73. The third kappa shape index (κ3) is 4.10. The van der Waals surface area contributed by atoms with Crippen LogP contribution in [0, 0.1) is 0 Å². The Morgan fingerprint density at radius 2 is 1.89 bits per heavy atom. The van der Waals surface area contributed by atoms with Crippen molar-refractivity contribution in [3.8, 4) is 0 Å². The molecule has 0 bridgehead atoms. The number of nitrogens with one attached hydrogen (secondary N) is 1. The molecule has 1 aliphatic heterocycles. The number of rotatable bonds is 6. The van der Waals surface area contributed by atoms with Crippen molar-refractivity contribution >= 4 is 38.6 Å². The summed E-state index contributed by atoms with van der Waals surface area (Å²) < 4.78 is 27.5. The number of nitrogens with zero attached hydrogens (tertiary/aromatic N) is 1. The second-order valence-corrected chi connectivity index (χ2v) is 9.47. The Morgan fingerprint density at radius 1 is 1.07 bits per heavy atom. The van der Waals surface area contributed by atoms with E-state index in [-0.39, 0.29) is 11.7 Å². The molecule has 4 rings (SSSR count). The Morgan fingerprint density at radius 3 is 2.64 bits per heavy atom. The van der Waals surface area contributed by atoms with E-state index in [1.165, 1.54) is 11.3 Å². The largest absolute Gasteiger partial charge is 0.307 e. The highest BCUT2D eigenvalue weighted by atomic mass is 32.2. The van der Waals surface area contributed by atoms with Crippen LogP contribution in [0.2, 0.25) is 0 Å². The van der Waals surface area contributed by atoms with Crippen LogP contribution in [0.15, 0.2) is 66.0 Å². The Labute approximate surface area is 168 Å². The Bertz CT molecular complexity index is 1080. The molecule has 3 aromatic rings. The number of hydrogen-bond acceptors (Lipinski definition) is 4. The van der Waals surface area contributed by atoms with E-state index in [1.807, 2.05) is 60.0 Å². The summed E-state index contributed by atoms with van der Waals surface area (Å²) in [4.78, 5) is 15.1. The lowest BCUT2D eigenvalue weighted by molar-refractivity contribution is 0.0993. The molecule has 0 aliphatic carbocycles. The quantitative estimate of drug-likeness (QED) is 0.667. The third-order valence-corrected chi connectivity index (χ3v) is 6.87. The second kappa shape index (κ2) is 7.77. The van der Waals surface area contributed by atoms with E-state index >= 15 is 0 Å². The van der Waals surface area contributed by atoms with Crippen molar-refractivity contribution in [2.24, 2.45) is 0 Å². The first kappa shape index (κ1) is 18.7. The van der Waals surface area contributed by atoms with E-state index in [4.69, 9.17) is 0 Å². The molecular formula is C21H20N2O3S2. The number of carbonyl (C=O) groups excluding carboxylic acids is 1. The van der Waals surface area contributed by atoms with Gasteiger partial charge in [0.25, 0.3) is 5.91 Å². The molecule has 0 atom stereocenters. The molecule has 1 amide bonds. The standard InChI is InChI=1S/C21H20N2O3S2/c24-21(20-7-4-13-27-20)23-12-10-17-15-18(8-9-19(17)23)22-28(25,26)14-11-16-5-2-1-3-6-16/h1-9,13,15,22H,10-12,14H2. The molecule has 2 heterocycles. The van der Waals surface area contributed by atoms with Gasteiger partial charge in [-0.2, -0.15) is 0 Å². The van der Waals surface area contributed by atoms with Gasteiger partial charge in [-0.25, -0.2) is 8.42 Å². The summed E-state index contributed by atoms with van der Waals surface area (Å²) >= 11 is 1.42. The fourth-order valence-corrected chi connectivity index (χ4v) is 5.10. The van der Waals surface area contributed by atoms with Crippen molar-refractivity contribution in [3.05, 3.63) is 82.0 Å². The van der Waals surface area contributed by atoms with Crippen molar-refractivity contribution in [1.82, 2.24) is 0 Å². The van der Waals surface area contributed by atoms with Crippen molar-refractivity contribution in [1.29, 1.82) is 0 Å². The average molecular weight is 413 g/mol. The van der Waals surface area contributed by atoms with Gasteiger partial charge in [-0.1, -0.05) is 36.4 Å². The summed E-state index contributed by atoms with van der Waals surface area (Å²) in [6.45, 7) is 0.607. The van der Waals surface area contributed by atoms with Crippen LogP contribution in [-0.4, -0.2) is 26.6 Å². The van der Waals surface area contributed by atoms with Crippen LogP contribution in [-0.2, 0) is 22.9 Å². The minimum atomic E-state index is -3.44. The molecule has 2 aromatic carbocycles. The first-order valence-electron chi connectivity index (χ1n) is 9.04. The molecule has 1 aliphatic rings. The number of hydrogen-bond donors (Lipinski definition) is 1. The smallest absolute Gasteiger partial charge is 0.268 e. The Balaban J connectivity index is 1.45. The number of amides is 1. The Hall–Kier alpha value is -2.64. The van der Waals surface area contributed by atoms with Crippen molar-refractivity contribution in [2.75, 3.05) is 21.9 Å². The fourth-order valence-electron chi connectivity index (χ4n) is 3.34. The highest BCUT2D eigenvalue weighted by molar-refractivity contribution is 7.92. The van der Waals surface area contributed by atoms with E-state index in [9.17, 15) is 13.2 Å². The molecule has 5 nitrogen and oxygen atoms in total. The highest BCUT2D eigenvalue weighted by Gasteiger charge is 2.26. The van der Waals surface area contributed by atoms with Crippen LogP contribution in [0.4, 0.5) is 11.4 Å². The monoisotopic (exact) mass is 412 g/mol. The van der Waals surface area contributed by atoms with Crippen molar-refractivity contribution in [2.45, 2.75) is 12.8 Å². The molecule has 0 saturated heterocycles. The lowest BCUT2D eigenvalue weighted by Gasteiger charge is -2.17. The molecule has 0 fully saturated rings. The van der Waals surface area contributed by atoms with Crippen LogP contribution in [0.25, 0.3) is 0 Å². The SMILES string of the molecule is O=C(c1cccs1)N1CCc2cc(NS(=O)(=O)CCc3ccccc3)ccc21. The first-order chi connectivity index (χ1) is 13.5. The summed E-state index contributed by atoms with van der Waals surface area (Å²) in [7, 11) is -3.44. The topological polar surface area (TPSA) is 66.5 Å². The molecule has 0 spiro atoms. The number of fused-ring (bicyclic) bond motifs is 1. The fraction of sp³-hybridized carbons (Fsp3) is 0.190. The van der Waals surface area contributed by atoms with Gasteiger partial charge in [0, 0.05) is 17.9 Å². The van der Waals surface area contributed by atoms with Crippen LogP contribution < -0.4 is 9.62 Å². The molecule has 28 heavy (non-hydrogen) atoms.